The average Bonchev–Trinajstić information content (AvgIpc) is 3.38. The van der Waals surface area contributed by atoms with Gasteiger partial charge in [0.1, 0.15) is 23.9 Å². The lowest BCUT2D eigenvalue weighted by Gasteiger charge is -2.30. The molecule has 5 rings (SSSR count). The lowest BCUT2D eigenvalue weighted by atomic mass is 9.96. The zero-order valence-corrected chi connectivity index (χ0v) is 17.2. The van der Waals surface area contributed by atoms with Gasteiger partial charge >= 0.3 is 6.01 Å². The number of imidazole rings is 1. The monoisotopic (exact) mass is 421 g/mol. The van der Waals surface area contributed by atoms with E-state index in [0.717, 1.165) is 25.7 Å². The van der Waals surface area contributed by atoms with Crippen molar-refractivity contribution in [2.45, 2.75) is 88.7 Å². The van der Waals surface area contributed by atoms with Crippen molar-refractivity contribution in [2.75, 3.05) is 5.73 Å². The summed E-state index contributed by atoms with van der Waals surface area (Å²) in [5.41, 5.74) is 5.93. The standard InChI is InChI=1S/C19H27N5O6/c1-18(2)29-12-11(15(25)26)28-16(19(12,3)30-18)24-8-21-10-13(20)22-17(23-14(10)24)27-9-6-4-5-7-9/h8-9,11-12,15-16,25-26H,4-7H2,1-3H3,(H2,20,22,23)/t11-,12+,16+,19-/m0/s1. The van der Waals surface area contributed by atoms with E-state index in [0.29, 0.717) is 11.2 Å². The smallest absolute Gasteiger partial charge is 0.320 e. The maximum absolute atomic E-state index is 9.86. The zero-order chi connectivity index (χ0) is 21.3. The number of nitrogens with two attached hydrogens (primary N) is 1. The first-order valence-electron chi connectivity index (χ1n) is 10.2. The summed E-state index contributed by atoms with van der Waals surface area (Å²) in [6.45, 7) is 5.36. The summed E-state index contributed by atoms with van der Waals surface area (Å²) >= 11 is 0. The Morgan fingerprint density at radius 1 is 1.23 bits per heavy atom. The van der Waals surface area contributed by atoms with E-state index in [2.05, 4.69) is 15.0 Å². The van der Waals surface area contributed by atoms with Crippen LogP contribution in [0, 0.1) is 0 Å². The Bertz CT molecular complexity index is 958. The van der Waals surface area contributed by atoms with Crippen LogP contribution >= 0.6 is 0 Å². The van der Waals surface area contributed by atoms with Crippen LogP contribution < -0.4 is 10.5 Å². The Hall–Kier alpha value is -2.05. The van der Waals surface area contributed by atoms with Gasteiger partial charge < -0.3 is 34.9 Å². The fraction of sp³-hybridized carbons (Fsp3) is 0.737. The molecule has 3 aliphatic rings. The van der Waals surface area contributed by atoms with Gasteiger partial charge in [-0.15, -0.1) is 0 Å². The van der Waals surface area contributed by atoms with Crippen molar-refractivity contribution in [3.8, 4) is 6.01 Å². The first kappa shape index (κ1) is 19.9. The van der Waals surface area contributed by atoms with Gasteiger partial charge in [-0.3, -0.25) is 4.57 Å². The molecular weight excluding hydrogens is 394 g/mol. The van der Waals surface area contributed by atoms with Gasteiger partial charge in [-0.1, -0.05) is 0 Å². The molecule has 2 aromatic heterocycles. The van der Waals surface area contributed by atoms with Crippen molar-refractivity contribution in [2.24, 2.45) is 0 Å². The fourth-order valence-electron chi connectivity index (χ4n) is 4.84. The molecule has 2 saturated heterocycles. The maximum Gasteiger partial charge on any atom is 0.320 e. The van der Waals surface area contributed by atoms with Gasteiger partial charge in [0.2, 0.25) is 0 Å². The van der Waals surface area contributed by atoms with Crippen LogP contribution in [-0.2, 0) is 14.2 Å². The van der Waals surface area contributed by atoms with Crippen molar-refractivity contribution in [1.82, 2.24) is 19.5 Å². The molecule has 11 heteroatoms. The van der Waals surface area contributed by atoms with Gasteiger partial charge in [0.25, 0.3) is 0 Å². The molecule has 4 N–H and O–H groups in total. The van der Waals surface area contributed by atoms with Crippen LogP contribution in [0.4, 0.5) is 5.82 Å². The number of fused-ring (bicyclic) bond motifs is 2. The second kappa shape index (κ2) is 6.72. The lowest BCUT2D eigenvalue weighted by molar-refractivity contribution is -0.239. The van der Waals surface area contributed by atoms with Crippen LogP contribution in [-0.4, -0.2) is 65.7 Å². The molecule has 2 aliphatic heterocycles. The van der Waals surface area contributed by atoms with Crippen LogP contribution in [0.1, 0.15) is 52.7 Å². The Kier molecular flexibility index (Phi) is 4.46. The predicted molar refractivity (Wildman–Crippen MR) is 103 cm³/mol. The molecule has 0 radical (unpaired) electrons. The quantitative estimate of drug-likeness (QED) is 0.607. The van der Waals surface area contributed by atoms with Crippen LogP contribution in [0.2, 0.25) is 0 Å². The molecule has 0 bridgehead atoms. The van der Waals surface area contributed by atoms with Crippen LogP contribution in [0.3, 0.4) is 0 Å². The van der Waals surface area contributed by atoms with Gasteiger partial charge in [0.05, 0.1) is 6.33 Å². The average molecular weight is 421 g/mol. The highest BCUT2D eigenvalue weighted by Crippen LogP contribution is 2.52. The van der Waals surface area contributed by atoms with Crippen LogP contribution in [0.15, 0.2) is 6.33 Å². The Labute approximate surface area is 173 Å². The first-order valence-corrected chi connectivity index (χ1v) is 10.2. The molecule has 4 heterocycles. The van der Waals surface area contributed by atoms with E-state index in [4.69, 9.17) is 24.7 Å². The Morgan fingerprint density at radius 2 is 1.97 bits per heavy atom. The largest absolute Gasteiger partial charge is 0.460 e. The number of nitrogens with zero attached hydrogens (tertiary/aromatic N) is 4. The highest BCUT2D eigenvalue weighted by molar-refractivity contribution is 5.82. The third-order valence-electron chi connectivity index (χ3n) is 6.06. The number of aromatic nitrogens is 4. The molecule has 11 nitrogen and oxygen atoms in total. The summed E-state index contributed by atoms with van der Waals surface area (Å²) < 4.78 is 25.7. The molecule has 0 amide bonds. The van der Waals surface area contributed by atoms with Gasteiger partial charge in [-0.2, -0.15) is 9.97 Å². The third-order valence-corrected chi connectivity index (χ3v) is 6.06. The summed E-state index contributed by atoms with van der Waals surface area (Å²) in [4.78, 5) is 13.1. The second-order valence-corrected chi connectivity index (χ2v) is 8.83. The van der Waals surface area contributed by atoms with E-state index in [1.54, 1.807) is 18.4 Å². The minimum Gasteiger partial charge on any atom is -0.460 e. The number of rotatable bonds is 4. The highest BCUT2D eigenvalue weighted by Gasteiger charge is 2.65. The molecule has 0 unspecified atom stereocenters. The van der Waals surface area contributed by atoms with Gasteiger partial charge in [-0.25, -0.2) is 4.98 Å². The minimum absolute atomic E-state index is 0.0733. The lowest BCUT2D eigenvalue weighted by Crippen LogP contribution is -2.44. The third kappa shape index (κ3) is 3.04. The van der Waals surface area contributed by atoms with E-state index < -0.39 is 36.1 Å². The number of hydrogen-bond acceptors (Lipinski definition) is 10. The number of anilines is 1. The Balaban J connectivity index is 1.56. The maximum atomic E-state index is 9.86. The van der Waals surface area contributed by atoms with Crippen molar-refractivity contribution < 1.29 is 29.2 Å². The molecule has 0 aromatic carbocycles. The van der Waals surface area contributed by atoms with E-state index in [-0.39, 0.29) is 17.9 Å². The summed E-state index contributed by atoms with van der Waals surface area (Å²) in [6.07, 6.45) is 1.53. The highest BCUT2D eigenvalue weighted by atomic mass is 16.8. The normalized spacial score (nSPS) is 33.6. The van der Waals surface area contributed by atoms with Crippen molar-refractivity contribution >= 4 is 17.0 Å². The number of hydrogen-bond donors (Lipinski definition) is 3. The molecule has 2 aromatic rings. The summed E-state index contributed by atoms with van der Waals surface area (Å²) in [7, 11) is 0. The fourth-order valence-corrected chi connectivity index (χ4v) is 4.84. The second-order valence-electron chi connectivity index (χ2n) is 8.83. The summed E-state index contributed by atoms with van der Waals surface area (Å²) in [5, 5.41) is 19.7. The number of ether oxygens (including phenoxy) is 4. The molecule has 164 valence electrons. The topological polar surface area (TPSA) is 147 Å². The molecule has 30 heavy (non-hydrogen) atoms. The van der Waals surface area contributed by atoms with E-state index in [9.17, 15) is 10.2 Å². The number of aliphatic hydroxyl groups is 2. The van der Waals surface area contributed by atoms with Crippen LogP contribution in [0.5, 0.6) is 6.01 Å². The van der Waals surface area contributed by atoms with E-state index >= 15 is 0 Å². The molecule has 0 spiro atoms. The van der Waals surface area contributed by atoms with Crippen molar-refractivity contribution in [3.63, 3.8) is 0 Å². The number of aliphatic hydroxyl groups excluding tert-OH is 1. The van der Waals surface area contributed by atoms with Crippen molar-refractivity contribution in [1.29, 1.82) is 0 Å². The molecule has 3 fully saturated rings. The molecule has 1 saturated carbocycles. The zero-order valence-electron chi connectivity index (χ0n) is 17.2. The summed E-state index contributed by atoms with van der Waals surface area (Å²) in [5.74, 6) is -0.718. The molecular formula is C19H27N5O6. The first-order chi connectivity index (χ1) is 14.2. The molecule has 1 aliphatic carbocycles. The van der Waals surface area contributed by atoms with Gasteiger partial charge in [0.15, 0.2) is 35.3 Å². The SMILES string of the molecule is CC1(C)O[C@@H]2[C@@H](C(O)O)O[C@@H](n3cnc4c(N)nc(OC5CCCC5)nc43)[C@@]2(C)O1. The minimum atomic E-state index is -1.74. The van der Waals surface area contributed by atoms with Gasteiger partial charge in [0, 0.05) is 0 Å². The number of nitrogen functional groups attached to an aromatic ring is 1. The predicted octanol–water partition coefficient (Wildman–Crippen LogP) is 0.848. The summed E-state index contributed by atoms with van der Waals surface area (Å²) in [6, 6.07) is 0.191. The molecule has 4 atom stereocenters. The van der Waals surface area contributed by atoms with Crippen LogP contribution in [0.25, 0.3) is 11.2 Å². The van der Waals surface area contributed by atoms with Gasteiger partial charge in [-0.05, 0) is 46.5 Å². The van der Waals surface area contributed by atoms with E-state index in [1.165, 1.54) is 6.33 Å². The Morgan fingerprint density at radius 3 is 2.67 bits per heavy atom. The van der Waals surface area contributed by atoms with Crippen molar-refractivity contribution in [3.05, 3.63) is 6.33 Å². The van der Waals surface area contributed by atoms with E-state index in [1.807, 2.05) is 6.92 Å².